The summed E-state index contributed by atoms with van der Waals surface area (Å²) >= 11 is 3.57. The fourth-order valence-corrected chi connectivity index (χ4v) is 6.60. The molecule has 2 heterocycles. The SMILES string of the molecule is Nc1nc(Nc2ccc3c(c2)CC[C@@H](NCc2cccc(Br)c2)CC3)nn1-c1cc2c(nn1)-c1ccccc1CCC2. The van der Waals surface area contributed by atoms with Crippen molar-refractivity contribution >= 4 is 33.5 Å². The molecule has 0 amide bonds. The molecule has 8 nitrogen and oxygen atoms in total. The van der Waals surface area contributed by atoms with Crippen LogP contribution in [-0.2, 0) is 32.2 Å². The second-order valence-corrected chi connectivity index (χ2v) is 12.1. The topological polar surface area (TPSA) is 107 Å². The average molecular weight is 622 g/mol. The molecular weight excluding hydrogens is 588 g/mol. The first-order valence-corrected chi connectivity index (χ1v) is 15.4. The van der Waals surface area contributed by atoms with Gasteiger partial charge in [0.2, 0.25) is 11.9 Å². The highest BCUT2D eigenvalue weighted by atomic mass is 79.9. The van der Waals surface area contributed by atoms with Crippen molar-refractivity contribution in [2.24, 2.45) is 0 Å². The van der Waals surface area contributed by atoms with Crippen LogP contribution in [0, 0.1) is 0 Å². The van der Waals surface area contributed by atoms with Gasteiger partial charge in [-0.05, 0) is 103 Å². The van der Waals surface area contributed by atoms with Gasteiger partial charge in [-0.25, -0.2) is 0 Å². The molecule has 5 aromatic rings. The zero-order valence-electron chi connectivity index (χ0n) is 23.4. The summed E-state index contributed by atoms with van der Waals surface area (Å²) < 4.78 is 2.69. The summed E-state index contributed by atoms with van der Waals surface area (Å²) in [7, 11) is 0. The van der Waals surface area contributed by atoms with E-state index < -0.39 is 0 Å². The van der Waals surface area contributed by atoms with Crippen LogP contribution in [0.25, 0.3) is 17.1 Å². The number of aromatic nitrogens is 5. The summed E-state index contributed by atoms with van der Waals surface area (Å²) in [5.41, 5.74) is 15.9. The van der Waals surface area contributed by atoms with Crippen LogP contribution in [0.5, 0.6) is 0 Å². The van der Waals surface area contributed by atoms with Gasteiger partial charge in [-0.3, -0.25) is 0 Å². The van der Waals surface area contributed by atoms with Gasteiger partial charge in [0.15, 0.2) is 5.82 Å². The van der Waals surface area contributed by atoms with Crippen LogP contribution in [-0.4, -0.2) is 31.0 Å². The number of hydrogen-bond acceptors (Lipinski definition) is 7. The van der Waals surface area contributed by atoms with Crippen LogP contribution in [0.1, 0.15) is 47.1 Å². The highest BCUT2D eigenvalue weighted by Crippen LogP contribution is 2.31. The second kappa shape index (κ2) is 11.7. The first-order chi connectivity index (χ1) is 20.6. The van der Waals surface area contributed by atoms with Gasteiger partial charge in [0.1, 0.15) is 0 Å². The molecule has 7 rings (SSSR count). The Kier molecular flexibility index (Phi) is 7.44. The number of hydrogen-bond donors (Lipinski definition) is 3. The van der Waals surface area contributed by atoms with Crippen molar-refractivity contribution in [1.29, 1.82) is 0 Å². The van der Waals surface area contributed by atoms with Crippen LogP contribution < -0.4 is 16.4 Å². The fourth-order valence-electron chi connectivity index (χ4n) is 6.15. The molecule has 212 valence electrons. The van der Waals surface area contributed by atoms with Crippen molar-refractivity contribution in [3.8, 4) is 17.1 Å². The Labute approximate surface area is 253 Å². The Morgan fingerprint density at radius 3 is 2.60 bits per heavy atom. The maximum absolute atomic E-state index is 6.31. The normalized spacial score (nSPS) is 16.1. The number of halogens is 1. The molecule has 9 heteroatoms. The molecular formula is C33H33BrN8. The van der Waals surface area contributed by atoms with E-state index in [0.717, 1.165) is 78.5 Å². The lowest BCUT2D eigenvalue weighted by atomic mass is 10.0. The van der Waals surface area contributed by atoms with Crippen LogP contribution in [0.15, 0.2) is 77.3 Å². The lowest BCUT2D eigenvalue weighted by molar-refractivity contribution is 0.462. The Balaban J connectivity index is 1.04. The molecule has 2 aliphatic rings. The molecule has 0 spiro atoms. The van der Waals surface area contributed by atoms with E-state index in [4.69, 9.17) is 5.73 Å². The van der Waals surface area contributed by atoms with E-state index in [1.165, 1.54) is 22.3 Å². The van der Waals surface area contributed by atoms with E-state index in [1.54, 1.807) is 4.68 Å². The van der Waals surface area contributed by atoms with E-state index in [1.807, 2.05) is 6.07 Å². The van der Waals surface area contributed by atoms with E-state index in [2.05, 4.69) is 114 Å². The number of rotatable bonds is 6. The Bertz CT molecular complexity index is 1750. The Morgan fingerprint density at radius 2 is 1.69 bits per heavy atom. The number of nitrogens with zero attached hydrogens (tertiary/aromatic N) is 5. The predicted octanol–water partition coefficient (Wildman–Crippen LogP) is 6.34. The van der Waals surface area contributed by atoms with E-state index in [-0.39, 0.29) is 5.95 Å². The van der Waals surface area contributed by atoms with Gasteiger partial charge in [-0.2, -0.15) is 9.67 Å². The standard InChI is InChI=1S/C33H33BrN8/c34-26-9-3-5-21(17-26)20-36-27-14-11-22-12-16-28(18-24(22)13-15-27)37-33-38-32(35)42(41-33)30-19-25-8-4-7-23-6-1-2-10-29(23)31(25)40-39-30/h1-3,5-6,9-10,12,16-19,27,36H,4,7-8,11,13-15,20H2,(H3,35,37,38,41)/t27-/m0/s1. The Morgan fingerprint density at radius 1 is 0.833 bits per heavy atom. The van der Waals surface area contributed by atoms with E-state index in [9.17, 15) is 0 Å². The van der Waals surface area contributed by atoms with Crippen LogP contribution in [0.4, 0.5) is 17.6 Å². The largest absolute Gasteiger partial charge is 0.368 e. The third-order valence-corrected chi connectivity index (χ3v) is 8.84. The van der Waals surface area contributed by atoms with Crippen molar-refractivity contribution < 1.29 is 0 Å². The van der Waals surface area contributed by atoms with Gasteiger partial charge in [0.25, 0.3) is 0 Å². The van der Waals surface area contributed by atoms with Crippen LogP contribution >= 0.6 is 15.9 Å². The van der Waals surface area contributed by atoms with Crippen molar-refractivity contribution in [3.63, 3.8) is 0 Å². The van der Waals surface area contributed by atoms with Gasteiger partial charge in [0, 0.05) is 28.3 Å². The number of nitrogens with two attached hydrogens (primary N) is 1. The summed E-state index contributed by atoms with van der Waals surface area (Å²) in [5, 5.41) is 20.9. The zero-order valence-corrected chi connectivity index (χ0v) is 24.9. The molecule has 4 N–H and O–H groups in total. The summed E-state index contributed by atoms with van der Waals surface area (Å²) in [6.45, 7) is 0.880. The zero-order chi connectivity index (χ0) is 28.5. The molecule has 1 atom stereocenters. The quantitative estimate of drug-likeness (QED) is 0.190. The number of nitrogens with one attached hydrogen (secondary N) is 2. The number of nitrogen functional groups attached to an aromatic ring is 1. The molecule has 3 aromatic carbocycles. The first kappa shape index (κ1) is 26.8. The van der Waals surface area contributed by atoms with Gasteiger partial charge in [-0.15, -0.1) is 15.3 Å². The molecule has 0 fully saturated rings. The molecule has 0 saturated heterocycles. The predicted molar refractivity (Wildman–Crippen MR) is 170 cm³/mol. The monoisotopic (exact) mass is 620 g/mol. The lowest BCUT2D eigenvalue weighted by Crippen LogP contribution is -2.28. The highest BCUT2D eigenvalue weighted by Gasteiger charge is 2.20. The summed E-state index contributed by atoms with van der Waals surface area (Å²) in [4.78, 5) is 4.49. The molecule has 0 radical (unpaired) electrons. The van der Waals surface area contributed by atoms with Crippen molar-refractivity contribution in [3.05, 3.63) is 105 Å². The summed E-state index contributed by atoms with van der Waals surface area (Å²) in [6, 6.07) is 26.0. The molecule has 42 heavy (non-hydrogen) atoms. The van der Waals surface area contributed by atoms with Crippen molar-refractivity contribution in [2.45, 2.75) is 57.5 Å². The Hall–Kier alpha value is -4.08. The van der Waals surface area contributed by atoms with E-state index in [0.29, 0.717) is 17.8 Å². The molecule has 2 aromatic heterocycles. The molecule has 0 aliphatic heterocycles. The van der Waals surface area contributed by atoms with Crippen LogP contribution in [0.2, 0.25) is 0 Å². The maximum Gasteiger partial charge on any atom is 0.248 e. The first-order valence-electron chi connectivity index (χ1n) is 14.6. The van der Waals surface area contributed by atoms with Gasteiger partial charge >= 0.3 is 0 Å². The van der Waals surface area contributed by atoms with Crippen molar-refractivity contribution in [2.75, 3.05) is 11.1 Å². The molecule has 0 unspecified atom stereocenters. The summed E-state index contributed by atoms with van der Waals surface area (Å²) in [6.07, 6.45) is 7.35. The minimum atomic E-state index is 0.273. The maximum atomic E-state index is 6.31. The lowest BCUT2D eigenvalue weighted by Gasteiger charge is -2.16. The molecule has 0 bridgehead atoms. The average Bonchev–Trinajstić information content (AvgIpc) is 3.15. The van der Waals surface area contributed by atoms with Crippen molar-refractivity contribution in [1.82, 2.24) is 30.3 Å². The van der Waals surface area contributed by atoms with Crippen LogP contribution in [0.3, 0.4) is 0 Å². The molecule has 2 aliphatic carbocycles. The highest BCUT2D eigenvalue weighted by molar-refractivity contribution is 9.10. The minimum Gasteiger partial charge on any atom is -0.368 e. The smallest absolute Gasteiger partial charge is 0.248 e. The molecule has 0 saturated carbocycles. The number of aryl methyl sites for hydroxylation is 4. The number of anilines is 3. The minimum absolute atomic E-state index is 0.273. The van der Waals surface area contributed by atoms with Gasteiger partial charge in [0.05, 0.1) is 5.69 Å². The third-order valence-electron chi connectivity index (χ3n) is 8.34. The van der Waals surface area contributed by atoms with Gasteiger partial charge < -0.3 is 16.4 Å². The second-order valence-electron chi connectivity index (χ2n) is 11.2. The van der Waals surface area contributed by atoms with Gasteiger partial charge in [-0.1, -0.05) is 58.4 Å². The number of fused-ring (bicyclic) bond motifs is 4. The third kappa shape index (κ3) is 5.67. The summed E-state index contributed by atoms with van der Waals surface area (Å²) in [5.74, 6) is 1.29. The number of benzene rings is 3. The van der Waals surface area contributed by atoms with E-state index >= 15 is 0 Å². The fraction of sp³-hybridized carbons (Fsp3) is 0.273.